The highest BCUT2D eigenvalue weighted by Gasteiger charge is 2.23. The van der Waals surface area contributed by atoms with E-state index in [0.717, 1.165) is 5.69 Å². The molecule has 0 aliphatic heterocycles. The molecule has 3 rings (SSSR count). The second kappa shape index (κ2) is 9.51. The molecule has 0 saturated carbocycles. The van der Waals surface area contributed by atoms with E-state index < -0.39 is 15.9 Å². The number of anilines is 1. The Morgan fingerprint density at radius 3 is 2.42 bits per heavy atom. The molecule has 3 aromatic rings. The molecule has 2 aromatic carbocycles. The van der Waals surface area contributed by atoms with Gasteiger partial charge in [-0.3, -0.25) is 4.79 Å². The van der Waals surface area contributed by atoms with Gasteiger partial charge in [-0.2, -0.15) is 9.40 Å². The first-order valence-electron chi connectivity index (χ1n) is 9.61. The number of methoxy groups -OCH3 is 1. The van der Waals surface area contributed by atoms with Gasteiger partial charge in [0.2, 0.25) is 10.0 Å². The van der Waals surface area contributed by atoms with Crippen molar-refractivity contribution < 1.29 is 17.9 Å². The molecular weight excluding hydrogens is 440 g/mol. The summed E-state index contributed by atoms with van der Waals surface area (Å²) in [5, 5.41) is 7.15. The monoisotopic (exact) mass is 462 g/mol. The van der Waals surface area contributed by atoms with E-state index in [-0.39, 0.29) is 21.3 Å². The number of carbonyl (C=O) groups excluding carboxylic acids is 1. The van der Waals surface area contributed by atoms with Crippen LogP contribution in [0.5, 0.6) is 5.75 Å². The SMILES string of the molecule is CCN(CC)S(=O)(=O)c1ccc(Cl)c(NC(=O)c2ccn(-c3ccc(OC)cc3)n2)c1. The Hall–Kier alpha value is -2.88. The van der Waals surface area contributed by atoms with Crippen LogP contribution in [-0.4, -0.2) is 48.6 Å². The molecule has 0 spiro atoms. The minimum atomic E-state index is -3.69. The van der Waals surface area contributed by atoms with Crippen LogP contribution in [0.2, 0.25) is 5.02 Å². The fraction of sp³-hybridized carbons (Fsp3) is 0.238. The van der Waals surface area contributed by atoms with Crippen LogP contribution in [0.3, 0.4) is 0 Å². The number of aromatic nitrogens is 2. The Kier molecular flexibility index (Phi) is 6.99. The molecule has 0 bridgehead atoms. The molecule has 0 saturated heterocycles. The highest BCUT2D eigenvalue weighted by molar-refractivity contribution is 7.89. The lowest BCUT2D eigenvalue weighted by atomic mass is 10.3. The fourth-order valence-corrected chi connectivity index (χ4v) is 4.63. The van der Waals surface area contributed by atoms with Crippen LogP contribution >= 0.6 is 11.6 Å². The van der Waals surface area contributed by atoms with Crippen molar-refractivity contribution in [2.24, 2.45) is 0 Å². The number of halogens is 1. The van der Waals surface area contributed by atoms with Crippen molar-refractivity contribution in [2.45, 2.75) is 18.7 Å². The summed E-state index contributed by atoms with van der Waals surface area (Å²) in [5.41, 5.74) is 1.10. The highest BCUT2D eigenvalue weighted by Crippen LogP contribution is 2.27. The number of hydrogen-bond acceptors (Lipinski definition) is 5. The van der Waals surface area contributed by atoms with Crippen LogP contribution in [0.15, 0.2) is 59.6 Å². The van der Waals surface area contributed by atoms with Crippen molar-refractivity contribution >= 4 is 33.2 Å². The topological polar surface area (TPSA) is 93.5 Å². The maximum Gasteiger partial charge on any atom is 0.276 e. The zero-order valence-electron chi connectivity index (χ0n) is 17.4. The molecule has 1 aromatic heterocycles. The summed E-state index contributed by atoms with van der Waals surface area (Å²) in [6, 6.07) is 13.0. The molecule has 0 radical (unpaired) electrons. The van der Waals surface area contributed by atoms with Crippen molar-refractivity contribution in [3.63, 3.8) is 0 Å². The highest BCUT2D eigenvalue weighted by atomic mass is 35.5. The van der Waals surface area contributed by atoms with Crippen molar-refractivity contribution in [3.05, 3.63) is 65.4 Å². The minimum absolute atomic E-state index is 0.0552. The van der Waals surface area contributed by atoms with Gasteiger partial charge in [-0.15, -0.1) is 0 Å². The lowest BCUT2D eigenvalue weighted by Gasteiger charge is -2.19. The Balaban J connectivity index is 1.83. The van der Waals surface area contributed by atoms with Gasteiger partial charge < -0.3 is 10.1 Å². The summed E-state index contributed by atoms with van der Waals surface area (Å²) >= 11 is 6.19. The van der Waals surface area contributed by atoms with Crippen molar-refractivity contribution in [3.8, 4) is 11.4 Å². The standard InChI is InChI=1S/C21H23ClN4O4S/c1-4-25(5-2)31(28,29)17-10-11-18(22)20(14-17)23-21(27)19-12-13-26(24-19)15-6-8-16(30-3)9-7-15/h6-14H,4-5H2,1-3H3,(H,23,27). The Morgan fingerprint density at radius 1 is 1.13 bits per heavy atom. The largest absolute Gasteiger partial charge is 0.497 e. The number of ether oxygens (including phenoxy) is 1. The predicted octanol–water partition coefficient (Wildman–Crippen LogP) is 3.82. The third-order valence-electron chi connectivity index (χ3n) is 4.69. The second-order valence-electron chi connectivity index (χ2n) is 6.53. The average molecular weight is 463 g/mol. The molecule has 0 unspecified atom stereocenters. The third-order valence-corrected chi connectivity index (χ3v) is 7.06. The van der Waals surface area contributed by atoms with Crippen molar-refractivity contribution in [2.75, 3.05) is 25.5 Å². The molecular formula is C21H23ClN4O4S. The maximum absolute atomic E-state index is 12.8. The molecule has 1 amide bonds. The molecule has 0 atom stereocenters. The van der Waals surface area contributed by atoms with Crippen molar-refractivity contribution in [1.29, 1.82) is 0 Å². The molecule has 0 aliphatic rings. The van der Waals surface area contributed by atoms with E-state index in [2.05, 4.69) is 10.4 Å². The lowest BCUT2D eigenvalue weighted by molar-refractivity contribution is 0.102. The van der Waals surface area contributed by atoms with E-state index in [4.69, 9.17) is 16.3 Å². The zero-order valence-corrected chi connectivity index (χ0v) is 18.9. The number of nitrogens with zero attached hydrogens (tertiary/aromatic N) is 3. The number of benzene rings is 2. The number of hydrogen-bond donors (Lipinski definition) is 1. The summed E-state index contributed by atoms with van der Waals surface area (Å²) in [6.45, 7) is 4.20. The molecule has 0 aliphatic carbocycles. The van der Waals surface area contributed by atoms with Crippen LogP contribution in [0.1, 0.15) is 24.3 Å². The van der Waals surface area contributed by atoms with Gasteiger partial charge in [0.25, 0.3) is 5.91 Å². The van der Waals surface area contributed by atoms with Gasteiger partial charge in [-0.1, -0.05) is 25.4 Å². The van der Waals surface area contributed by atoms with Gasteiger partial charge in [0, 0.05) is 19.3 Å². The Labute approximate surface area is 186 Å². The first-order valence-corrected chi connectivity index (χ1v) is 11.4. The van der Waals surface area contributed by atoms with Gasteiger partial charge >= 0.3 is 0 Å². The molecule has 8 nitrogen and oxygen atoms in total. The number of nitrogens with one attached hydrogen (secondary N) is 1. The number of rotatable bonds is 8. The Bertz CT molecular complexity index is 1170. The molecule has 164 valence electrons. The van der Waals surface area contributed by atoms with E-state index in [1.165, 1.54) is 22.5 Å². The summed E-state index contributed by atoms with van der Waals surface area (Å²) in [4.78, 5) is 12.7. The minimum Gasteiger partial charge on any atom is -0.497 e. The van der Waals surface area contributed by atoms with E-state index in [1.807, 2.05) is 12.1 Å². The summed E-state index contributed by atoms with van der Waals surface area (Å²) in [7, 11) is -2.10. The maximum atomic E-state index is 12.8. The lowest BCUT2D eigenvalue weighted by Crippen LogP contribution is -2.30. The third kappa shape index (κ3) is 4.90. The van der Waals surface area contributed by atoms with E-state index in [1.54, 1.807) is 50.0 Å². The van der Waals surface area contributed by atoms with Crippen LogP contribution in [0.25, 0.3) is 5.69 Å². The van der Waals surface area contributed by atoms with Gasteiger partial charge in [-0.05, 0) is 48.5 Å². The average Bonchev–Trinajstić information content (AvgIpc) is 3.26. The fourth-order valence-electron chi connectivity index (χ4n) is 2.98. The second-order valence-corrected chi connectivity index (χ2v) is 8.87. The van der Waals surface area contributed by atoms with Crippen LogP contribution in [0, 0.1) is 0 Å². The molecule has 1 heterocycles. The number of carbonyl (C=O) groups is 1. The summed E-state index contributed by atoms with van der Waals surface area (Å²) in [6.07, 6.45) is 1.65. The van der Waals surface area contributed by atoms with Gasteiger partial charge in [0.1, 0.15) is 5.75 Å². The van der Waals surface area contributed by atoms with Crippen molar-refractivity contribution in [1.82, 2.24) is 14.1 Å². The van der Waals surface area contributed by atoms with Crippen LogP contribution < -0.4 is 10.1 Å². The van der Waals surface area contributed by atoms with Gasteiger partial charge in [0.15, 0.2) is 5.69 Å². The normalized spacial score (nSPS) is 11.5. The first kappa shape index (κ1) is 22.8. The van der Waals surface area contributed by atoms with E-state index >= 15 is 0 Å². The first-order chi connectivity index (χ1) is 14.8. The van der Waals surface area contributed by atoms with E-state index in [0.29, 0.717) is 18.8 Å². The summed E-state index contributed by atoms with van der Waals surface area (Å²) in [5.74, 6) is 0.203. The number of sulfonamides is 1. The summed E-state index contributed by atoms with van der Waals surface area (Å²) < 4.78 is 33.6. The van der Waals surface area contributed by atoms with Crippen LogP contribution in [0.4, 0.5) is 5.69 Å². The van der Waals surface area contributed by atoms with Gasteiger partial charge in [-0.25, -0.2) is 13.1 Å². The van der Waals surface area contributed by atoms with E-state index in [9.17, 15) is 13.2 Å². The molecule has 31 heavy (non-hydrogen) atoms. The molecule has 10 heteroatoms. The zero-order chi connectivity index (χ0) is 22.6. The molecule has 0 fully saturated rings. The number of amides is 1. The Morgan fingerprint density at radius 2 is 1.81 bits per heavy atom. The predicted molar refractivity (Wildman–Crippen MR) is 120 cm³/mol. The van der Waals surface area contributed by atoms with Crippen LogP contribution in [-0.2, 0) is 10.0 Å². The quantitative estimate of drug-likeness (QED) is 0.549. The molecule has 1 N–H and O–H groups in total. The smallest absolute Gasteiger partial charge is 0.276 e. The van der Waals surface area contributed by atoms with Gasteiger partial charge in [0.05, 0.1) is 28.4 Å².